The topological polar surface area (TPSA) is 114 Å². The SMILES string of the molecule is O=C(COc1ccc(/C=C2/C(=O)NC(=O)N(c3ccc(OCc4ccccc4)cc3)C2=O)cc1Cl)Nc1ccc(F)cc1. The van der Waals surface area contributed by atoms with E-state index in [0.717, 1.165) is 10.5 Å². The Hall–Kier alpha value is -5.48. The molecule has 5 amide bonds. The summed E-state index contributed by atoms with van der Waals surface area (Å²) in [5.41, 5.74) is 1.72. The van der Waals surface area contributed by atoms with Crippen LogP contribution in [0.2, 0.25) is 5.02 Å². The normalized spacial score (nSPS) is 14.0. The second-order valence-electron chi connectivity index (χ2n) is 9.26. The number of carbonyl (C=O) groups is 4. The Balaban J connectivity index is 1.24. The number of carbonyl (C=O) groups excluding carboxylic acids is 4. The zero-order valence-electron chi connectivity index (χ0n) is 22.4. The summed E-state index contributed by atoms with van der Waals surface area (Å²) in [5, 5.41) is 4.86. The molecule has 11 heteroatoms. The summed E-state index contributed by atoms with van der Waals surface area (Å²) < 4.78 is 24.3. The highest BCUT2D eigenvalue weighted by Crippen LogP contribution is 2.28. The zero-order chi connectivity index (χ0) is 30.3. The van der Waals surface area contributed by atoms with Crippen LogP contribution in [0.1, 0.15) is 11.1 Å². The number of urea groups is 1. The molecule has 43 heavy (non-hydrogen) atoms. The molecule has 5 rings (SSSR count). The summed E-state index contributed by atoms with van der Waals surface area (Å²) in [6.07, 6.45) is 1.30. The number of nitrogens with one attached hydrogen (secondary N) is 2. The molecule has 1 fully saturated rings. The molecule has 0 aromatic heterocycles. The van der Waals surface area contributed by atoms with Gasteiger partial charge >= 0.3 is 6.03 Å². The molecule has 0 saturated carbocycles. The lowest BCUT2D eigenvalue weighted by atomic mass is 10.1. The Bertz CT molecular complexity index is 1710. The minimum Gasteiger partial charge on any atom is -0.489 e. The number of halogens is 2. The minimum absolute atomic E-state index is 0.117. The summed E-state index contributed by atoms with van der Waals surface area (Å²) in [6.45, 7) is -0.0220. The van der Waals surface area contributed by atoms with Gasteiger partial charge in [0.15, 0.2) is 6.61 Å². The van der Waals surface area contributed by atoms with E-state index in [-0.39, 0.29) is 28.6 Å². The molecule has 0 aliphatic carbocycles. The van der Waals surface area contributed by atoms with Crippen molar-refractivity contribution in [3.05, 3.63) is 125 Å². The number of nitrogens with zero attached hydrogens (tertiary/aromatic N) is 1. The van der Waals surface area contributed by atoms with Crippen molar-refractivity contribution in [2.45, 2.75) is 6.61 Å². The zero-order valence-corrected chi connectivity index (χ0v) is 23.1. The van der Waals surface area contributed by atoms with Crippen LogP contribution in [0.25, 0.3) is 6.08 Å². The number of ether oxygens (including phenoxy) is 2. The van der Waals surface area contributed by atoms with Gasteiger partial charge in [0, 0.05) is 5.69 Å². The lowest BCUT2D eigenvalue weighted by Crippen LogP contribution is -2.54. The summed E-state index contributed by atoms with van der Waals surface area (Å²) >= 11 is 6.32. The quantitative estimate of drug-likeness (QED) is 0.187. The van der Waals surface area contributed by atoms with Gasteiger partial charge in [0.1, 0.15) is 29.5 Å². The van der Waals surface area contributed by atoms with Gasteiger partial charge in [0.05, 0.1) is 10.7 Å². The van der Waals surface area contributed by atoms with Crippen LogP contribution in [0, 0.1) is 5.82 Å². The molecule has 1 saturated heterocycles. The number of amides is 5. The Kier molecular flexibility index (Phi) is 8.78. The van der Waals surface area contributed by atoms with E-state index in [1.165, 1.54) is 48.5 Å². The monoisotopic (exact) mass is 599 g/mol. The first kappa shape index (κ1) is 29.0. The van der Waals surface area contributed by atoms with Crippen molar-refractivity contribution >= 4 is 52.8 Å². The molecule has 9 nitrogen and oxygen atoms in total. The van der Waals surface area contributed by atoms with Crippen LogP contribution in [-0.4, -0.2) is 30.4 Å². The molecule has 0 bridgehead atoms. The molecular formula is C32H23ClFN3O6. The number of anilines is 2. The van der Waals surface area contributed by atoms with Crippen molar-refractivity contribution in [2.24, 2.45) is 0 Å². The third kappa shape index (κ3) is 7.24. The third-order valence-electron chi connectivity index (χ3n) is 6.20. The van der Waals surface area contributed by atoms with Gasteiger partial charge < -0.3 is 14.8 Å². The van der Waals surface area contributed by atoms with Gasteiger partial charge in [0.2, 0.25) is 0 Å². The smallest absolute Gasteiger partial charge is 0.335 e. The van der Waals surface area contributed by atoms with E-state index in [9.17, 15) is 23.6 Å². The van der Waals surface area contributed by atoms with E-state index >= 15 is 0 Å². The lowest BCUT2D eigenvalue weighted by Gasteiger charge is -2.26. The fraction of sp³-hybridized carbons (Fsp3) is 0.0625. The molecule has 1 aliphatic heterocycles. The van der Waals surface area contributed by atoms with Crippen LogP contribution in [0.5, 0.6) is 11.5 Å². The first-order valence-electron chi connectivity index (χ1n) is 12.9. The van der Waals surface area contributed by atoms with Crippen molar-refractivity contribution in [1.29, 1.82) is 0 Å². The summed E-state index contributed by atoms with van der Waals surface area (Å²) in [7, 11) is 0. The molecular weight excluding hydrogens is 577 g/mol. The first-order chi connectivity index (χ1) is 20.8. The van der Waals surface area contributed by atoms with E-state index < -0.39 is 29.6 Å². The molecule has 0 radical (unpaired) electrons. The maximum Gasteiger partial charge on any atom is 0.335 e. The fourth-order valence-electron chi connectivity index (χ4n) is 4.09. The average molecular weight is 600 g/mol. The number of benzene rings is 4. The lowest BCUT2D eigenvalue weighted by molar-refractivity contribution is -0.122. The van der Waals surface area contributed by atoms with Crippen molar-refractivity contribution < 1.29 is 33.0 Å². The van der Waals surface area contributed by atoms with Crippen LogP contribution in [0.3, 0.4) is 0 Å². The van der Waals surface area contributed by atoms with Crippen LogP contribution in [0.15, 0.2) is 103 Å². The van der Waals surface area contributed by atoms with Crippen LogP contribution in [-0.2, 0) is 21.0 Å². The molecule has 0 atom stereocenters. The van der Waals surface area contributed by atoms with Crippen molar-refractivity contribution in [3.63, 3.8) is 0 Å². The van der Waals surface area contributed by atoms with Gasteiger partial charge in [-0.1, -0.05) is 48.0 Å². The fourth-order valence-corrected chi connectivity index (χ4v) is 4.33. The molecule has 4 aromatic rings. The Morgan fingerprint density at radius 3 is 2.33 bits per heavy atom. The first-order valence-corrected chi connectivity index (χ1v) is 13.3. The summed E-state index contributed by atoms with van der Waals surface area (Å²) in [5.74, 6) is -1.87. The number of hydrogen-bond donors (Lipinski definition) is 2. The van der Waals surface area contributed by atoms with E-state index in [2.05, 4.69) is 10.6 Å². The van der Waals surface area contributed by atoms with Gasteiger partial charge in [-0.05, 0) is 77.9 Å². The van der Waals surface area contributed by atoms with Gasteiger partial charge in [-0.15, -0.1) is 0 Å². The van der Waals surface area contributed by atoms with E-state index in [1.807, 2.05) is 30.3 Å². The maximum absolute atomic E-state index is 13.3. The van der Waals surface area contributed by atoms with Gasteiger partial charge in [-0.2, -0.15) is 0 Å². The highest BCUT2D eigenvalue weighted by atomic mass is 35.5. The molecule has 0 spiro atoms. The highest BCUT2D eigenvalue weighted by molar-refractivity contribution is 6.39. The predicted octanol–water partition coefficient (Wildman–Crippen LogP) is 5.74. The van der Waals surface area contributed by atoms with Crippen molar-refractivity contribution in [3.8, 4) is 11.5 Å². The molecule has 1 aliphatic rings. The molecule has 1 heterocycles. The number of imide groups is 2. The van der Waals surface area contributed by atoms with E-state index in [1.54, 1.807) is 24.3 Å². The third-order valence-corrected chi connectivity index (χ3v) is 6.49. The second kappa shape index (κ2) is 13.0. The average Bonchev–Trinajstić information content (AvgIpc) is 3.00. The summed E-state index contributed by atoms with van der Waals surface area (Å²) in [6, 6.07) is 24.7. The Morgan fingerprint density at radius 2 is 1.63 bits per heavy atom. The molecule has 2 N–H and O–H groups in total. The predicted molar refractivity (Wildman–Crippen MR) is 158 cm³/mol. The van der Waals surface area contributed by atoms with Crippen molar-refractivity contribution in [2.75, 3.05) is 16.8 Å². The van der Waals surface area contributed by atoms with Crippen LogP contribution < -0.4 is 25.0 Å². The largest absolute Gasteiger partial charge is 0.489 e. The highest BCUT2D eigenvalue weighted by Gasteiger charge is 2.36. The minimum atomic E-state index is -0.884. The van der Waals surface area contributed by atoms with E-state index in [0.29, 0.717) is 23.6 Å². The van der Waals surface area contributed by atoms with Gasteiger partial charge in [-0.25, -0.2) is 14.1 Å². The van der Waals surface area contributed by atoms with Crippen LogP contribution in [0.4, 0.5) is 20.6 Å². The second-order valence-corrected chi connectivity index (χ2v) is 9.67. The van der Waals surface area contributed by atoms with Crippen molar-refractivity contribution in [1.82, 2.24) is 5.32 Å². The van der Waals surface area contributed by atoms with Gasteiger partial charge in [0.25, 0.3) is 17.7 Å². The van der Waals surface area contributed by atoms with Crippen LogP contribution >= 0.6 is 11.6 Å². The molecule has 4 aromatic carbocycles. The number of hydrogen-bond acceptors (Lipinski definition) is 6. The number of rotatable bonds is 9. The maximum atomic E-state index is 13.3. The standard InChI is InChI=1S/C32H23ClFN3O6/c33-27-17-21(6-15-28(27)43-19-29(38)35-23-9-7-22(34)8-10-23)16-26-30(39)36-32(41)37(31(26)40)24-11-13-25(14-12-24)42-18-20-4-2-1-3-5-20/h1-17H,18-19H2,(H,35,38)(H,36,39,41)/b26-16-. The molecule has 0 unspecified atom stereocenters. The van der Waals surface area contributed by atoms with E-state index in [4.69, 9.17) is 21.1 Å². The Morgan fingerprint density at radius 1 is 0.907 bits per heavy atom. The number of barbiturate groups is 1. The Labute approximate surface area is 250 Å². The van der Waals surface area contributed by atoms with Gasteiger partial charge in [-0.3, -0.25) is 19.7 Å². The summed E-state index contributed by atoms with van der Waals surface area (Å²) in [4.78, 5) is 51.5. The molecule has 216 valence electrons.